The van der Waals surface area contributed by atoms with Crippen LogP contribution in [0.1, 0.15) is 38.7 Å². The maximum atomic E-state index is 12.9. The van der Waals surface area contributed by atoms with Crippen molar-refractivity contribution in [1.82, 2.24) is 19.4 Å². The van der Waals surface area contributed by atoms with Crippen molar-refractivity contribution in [3.8, 4) is 0 Å². The van der Waals surface area contributed by atoms with Gasteiger partial charge in [0.1, 0.15) is 5.69 Å². The van der Waals surface area contributed by atoms with E-state index in [1.54, 1.807) is 23.2 Å². The van der Waals surface area contributed by atoms with Crippen molar-refractivity contribution in [2.75, 3.05) is 26.2 Å². The monoisotopic (exact) mass is 340 g/mol. The van der Waals surface area contributed by atoms with Gasteiger partial charge >= 0.3 is 0 Å². The summed E-state index contributed by atoms with van der Waals surface area (Å²) in [4.78, 5) is 33.2. The zero-order chi connectivity index (χ0) is 18.0. The summed E-state index contributed by atoms with van der Waals surface area (Å²) in [6, 6.07) is 7.28. The van der Waals surface area contributed by atoms with Crippen molar-refractivity contribution in [2.45, 2.75) is 20.3 Å². The smallest absolute Gasteiger partial charge is 0.272 e. The minimum Gasteiger partial charge on any atom is -0.351 e. The fourth-order valence-corrected chi connectivity index (χ4v) is 3.22. The normalized spacial score (nSPS) is 15.2. The number of pyridine rings is 1. The van der Waals surface area contributed by atoms with Crippen LogP contribution in [0.5, 0.6) is 0 Å². The molecule has 6 nitrogen and oxygen atoms in total. The Kier molecular flexibility index (Phi) is 4.88. The van der Waals surface area contributed by atoms with Crippen LogP contribution < -0.4 is 0 Å². The lowest BCUT2D eigenvalue weighted by Crippen LogP contribution is -2.37. The van der Waals surface area contributed by atoms with E-state index in [1.807, 2.05) is 42.5 Å². The fraction of sp³-hybridized carbons (Fsp3) is 0.421. The molecular formula is C19H24N4O2. The van der Waals surface area contributed by atoms with Crippen LogP contribution in [0.4, 0.5) is 0 Å². The van der Waals surface area contributed by atoms with Crippen LogP contribution in [0.25, 0.3) is 0 Å². The molecule has 0 atom stereocenters. The van der Waals surface area contributed by atoms with E-state index in [0.29, 0.717) is 31.9 Å². The van der Waals surface area contributed by atoms with Crippen molar-refractivity contribution in [1.29, 1.82) is 0 Å². The van der Waals surface area contributed by atoms with Gasteiger partial charge < -0.3 is 14.4 Å². The van der Waals surface area contributed by atoms with E-state index in [4.69, 9.17) is 0 Å². The zero-order valence-electron chi connectivity index (χ0n) is 15.0. The minimum atomic E-state index is -0.0679. The minimum absolute atomic E-state index is 0.0494. The molecule has 2 aromatic rings. The van der Waals surface area contributed by atoms with E-state index >= 15 is 0 Å². The van der Waals surface area contributed by atoms with Gasteiger partial charge in [0, 0.05) is 50.8 Å². The SMILES string of the molecule is Cc1cc(C(=O)N2CCCN(C(=O)c3ccccn3)CC2)c(C)n1C. The second-order valence-electron chi connectivity index (χ2n) is 6.50. The average Bonchev–Trinajstić information content (AvgIpc) is 2.83. The molecule has 0 aliphatic carbocycles. The van der Waals surface area contributed by atoms with Gasteiger partial charge in [0.2, 0.25) is 0 Å². The first-order valence-electron chi connectivity index (χ1n) is 8.61. The van der Waals surface area contributed by atoms with Crippen LogP contribution in [-0.4, -0.2) is 57.3 Å². The highest BCUT2D eigenvalue weighted by Crippen LogP contribution is 2.17. The van der Waals surface area contributed by atoms with Gasteiger partial charge in [0.15, 0.2) is 0 Å². The first-order valence-corrected chi connectivity index (χ1v) is 8.61. The molecule has 1 saturated heterocycles. The van der Waals surface area contributed by atoms with Gasteiger partial charge in [0.05, 0.1) is 5.56 Å². The topological polar surface area (TPSA) is 58.4 Å². The van der Waals surface area contributed by atoms with Crippen LogP contribution in [0.3, 0.4) is 0 Å². The molecule has 0 radical (unpaired) electrons. The Labute approximate surface area is 148 Å². The summed E-state index contributed by atoms with van der Waals surface area (Å²) < 4.78 is 2.03. The number of aryl methyl sites for hydroxylation is 1. The van der Waals surface area contributed by atoms with Gasteiger partial charge in [-0.15, -0.1) is 0 Å². The summed E-state index contributed by atoms with van der Waals surface area (Å²) in [5.41, 5.74) is 3.26. The van der Waals surface area contributed by atoms with E-state index in [0.717, 1.165) is 23.4 Å². The molecule has 2 amide bonds. The lowest BCUT2D eigenvalue weighted by molar-refractivity contribution is 0.0715. The van der Waals surface area contributed by atoms with E-state index < -0.39 is 0 Å². The van der Waals surface area contributed by atoms with Gasteiger partial charge in [-0.05, 0) is 38.5 Å². The number of hydrogen-bond donors (Lipinski definition) is 0. The Bertz CT molecular complexity index is 782. The van der Waals surface area contributed by atoms with Crippen molar-refractivity contribution < 1.29 is 9.59 Å². The van der Waals surface area contributed by atoms with Crippen LogP contribution in [0.15, 0.2) is 30.5 Å². The zero-order valence-corrected chi connectivity index (χ0v) is 15.0. The van der Waals surface area contributed by atoms with Crippen molar-refractivity contribution in [2.24, 2.45) is 7.05 Å². The number of amides is 2. The molecule has 3 rings (SSSR count). The Morgan fingerprint density at radius 1 is 1.00 bits per heavy atom. The maximum Gasteiger partial charge on any atom is 0.272 e. The van der Waals surface area contributed by atoms with E-state index in [1.165, 1.54) is 0 Å². The molecule has 0 spiro atoms. The summed E-state index contributed by atoms with van der Waals surface area (Å²) in [6.07, 6.45) is 2.40. The Hall–Kier alpha value is -2.63. The number of aromatic nitrogens is 2. The third-order valence-corrected chi connectivity index (χ3v) is 4.96. The molecule has 6 heteroatoms. The fourth-order valence-electron chi connectivity index (χ4n) is 3.22. The van der Waals surface area contributed by atoms with Gasteiger partial charge in [-0.1, -0.05) is 6.07 Å². The molecule has 0 unspecified atom stereocenters. The Morgan fingerprint density at radius 2 is 1.68 bits per heavy atom. The Balaban J connectivity index is 1.70. The second-order valence-corrected chi connectivity index (χ2v) is 6.50. The van der Waals surface area contributed by atoms with Gasteiger partial charge in [-0.3, -0.25) is 14.6 Å². The standard InChI is InChI=1S/C19H24N4O2/c1-14-13-16(15(2)21(14)3)18(24)22-9-6-10-23(12-11-22)19(25)17-7-4-5-8-20-17/h4-5,7-8,13H,6,9-12H2,1-3H3. The lowest BCUT2D eigenvalue weighted by atomic mass is 10.2. The third-order valence-electron chi connectivity index (χ3n) is 4.96. The third kappa shape index (κ3) is 3.43. The first-order chi connectivity index (χ1) is 12.0. The summed E-state index contributed by atoms with van der Waals surface area (Å²) >= 11 is 0. The molecule has 1 aliphatic heterocycles. The highest BCUT2D eigenvalue weighted by molar-refractivity contribution is 5.96. The molecule has 0 aromatic carbocycles. The number of carbonyl (C=O) groups is 2. The number of nitrogens with zero attached hydrogens (tertiary/aromatic N) is 4. The first kappa shape index (κ1) is 17.2. The van der Waals surface area contributed by atoms with Gasteiger partial charge in [-0.25, -0.2) is 0 Å². The number of carbonyl (C=O) groups excluding carboxylic acids is 2. The second kappa shape index (κ2) is 7.09. The molecule has 2 aromatic heterocycles. The van der Waals surface area contributed by atoms with Crippen molar-refractivity contribution in [3.63, 3.8) is 0 Å². The lowest BCUT2D eigenvalue weighted by Gasteiger charge is -2.22. The summed E-state index contributed by atoms with van der Waals surface area (Å²) in [5.74, 6) is -0.0185. The van der Waals surface area contributed by atoms with Crippen LogP contribution in [0.2, 0.25) is 0 Å². The molecule has 1 fully saturated rings. The summed E-state index contributed by atoms with van der Waals surface area (Å²) in [7, 11) is 1.97. The molecule has 25 heavy (non-hydrogen) atoms. The molecule has 3 heterocycles. The van der Waals surface area contributed by atoms with Crippen molar-refractivity contribution >= 4 is 11.8 Å². The molecule has 0 saturated carbocycles. The largest absolute Gasteiger partial charge is 0.351 e. The maximum absolute atomic E-state index is 12.9. The highest BCUT2D eigenvalue weighted by atomic mass is 16.2. The van der Waals surface area contributed by atoms with Crippen LogP contribution in [0, 0.1) is 13.8 Å². The van der Waals surface area contributed by atoms with E-state index in [2.05, 4.69) is 4.98 Å². The quantitative estimate of drug-likeness (QED) is 0.840. The number of rotatable bonds is 2. The average molecular weight is 340 g/mol. The molecular weight excluding hydrogens is 316 g/mol. The predicted molar refractivity (Wildman–Crippen MR) is 95.5 cm³/mol. The predicted octanol–water partition coefficient (Wildman–Crippen LogP) is 2.03. The summed E-state index contributed by atoms with van der Waals surface area (Å²) in [6.45, 7) is 6.36. The Morgan fingerprint density at radius 3 is 2.24 bits per heavy atom. The van der Waals surface area contributed by atoms with Gasteiger partial charge in [0.25, 0.3) is 11.8 Å². The van der Waals surface area contributed by atoms with Gasteiger partial charge in [-0.2, -0.15) is 0 Å². The molecule has 0 N–H and O–H groups in total. The van der Waals surface area contributed by atoms with Crippen LogP contribution >= 0.6 is 0 Å². The molecule has 132 valence electrons. The molecule has 0 bridgehead atoms. The van der Waals surface area contributed by atoms with E-state index in [-0.39, 0.29) is 11.8 Å². The van der Waals surface area contributed by atoms with Crippen LogP contribution in [-0.2, 0) is 7.05 Å². The summed E-state index contributed by atoms with van der Waals surface area (Å²) in [5, 5.41) is 0. The number of hydrogen-bond acceptors (Lipinski definition) is 3. The van der Waals surface area contributed by atoms with Crippen molar-refractivity contribution in [3.05, 3.63) is 53.1 Å². The highest BCUT2D eigenvalue weighted by Gasteiger charge is 2.25. The molecule has 1 aliphatic rings. The van der Waals surface area contributed by atoms with E-state index in [9.17, 15) is 9.59 Å².